The molecule has 6 heteroatoms. The summed E-state index contributed by atoms with van der Waals surface area (Å²) in [5, 5.41) is 3.05. The SMILES string of the molecule is CCNCCS(=O)(=O)N(C)CC1CCCN1C. The summed E-state index contributed by atoms with van der Waals surface area (Å²) in [5.41, 5.74) is 0. The second-order valence-corrected chi connectivity index (χ2v) is 6.92. The molecule has 5 nitrogen and oxygen atoms in total. The maximum Gasteiger partial charge on any atom is 0.215 e. The van der Waals surface area contributed by atoms with Crippen molar-refractivity contribution < 1.29 is 8.42 Å². The molecule has 0 bridgehead atoms. The van der Waals surface area contributed by atoms with Crippen LogP contribution in [0, 0.1) is 0 Å². The molecule has 1 fully saturated rings. The van der Waals surface area contributed by atoms with E-state index in [0.717, 1.165) is 19.5 Å². The Hall–Kier alpha value is -0.170. The Morgan fingerprint density at radius 1 is 1.47 bits per heavy atom. The van der Waals surface area contributed by atoms with Crippen molar-refractivity contribution in [2.75, 3.05) is 46.0 Å². The molecule has 102 valence electrons. The third kappa shape index (κ3) is 4.54. The van der Waals surface area contributed by atoms with Crippen LogP contribution in [0.25, 0.3) is 0 Å². The van der Waals surface area contributed by atoms with E-state index >= 15 is 0 Å². The van der Waals surface area contributed by atoms with Gasteiger partial charge in [0.05, 0.1) is 5.75 Å². The van der Waals surface area contributed by atoms with E-state index < -0.39 is 10.0 Å². The van der Waals surface area contributed by atoms with Crippen molar-refractivity contribution in [3.05, 3.63) is 0 Å². The van der Waals surface area contributed by atoms with E-state index in [4.69, 9.17) is 0 Å². The van der Waals surface area contributed by atoms with E-state index in [1.807, 2.05) is 6.92 Å². The van der Waals surface area contributed by atoms with Gasteiger partial charge in [-0.25, -0.2) is 12.7 Å². The van der Waals surface area contributed by atoms with Gasteiger partial charge >= 0.3 is 0 Å². The van der Waals surface area contributed by atoms with Crippen molar-refractivity contribution in [2.24, 2.45) is 0 Å². The smallest absolute Gasteiger partial charge is 0.215 e. The first-order valence-corrected chi connectivity index (χ1v) is 7.93. The predicted molar refractivity (Wildman–Crippen MR) is 70.6 cm³/mol. The molecule has 0 amide bonds. The van der Waals surface area contributed by atoms with Crippen LogP contribution in [0.4, 0.5) is 0 Å². The van der Waals surface area contributed by atoms with Crippen LogP contribution in [0.5, 0.6) is 0 Å². The van der Waals surface area contributed by atoms with Gasteiger partial charge in [-0.15, -0.1) is 0 Å². The molecule has 0 aromatic heterocycles. The number of hydrogen-bond donors (Lipinski definition) is 1. The molecule has 17 heavy (non-hydrogen) atoms. The minimum absolute atomic E-state index is 0.188. The summed E-state index contributed by atoms with van der Waals surface area (Å²) in [6.07, 6.45) is 2.27. The third-order valence-electron chi connectivity index (χ3n) is 3.40. The Balaban J connectivity index is 2.42. The Morgan fingerprint density at radius 3 is 2.71 bits per heavy atom. The summed E-state index contributed by atoms with van der Waals surface area (Å²) >= 11 is 0. The maximum absolute atomic E-state index is 12.0. The van der Waals surface area contributed by atoms with Crippen LogP contribution in [0.1, 0.15) is 19.8 Å². The average Bonchev–Trinajstić information content (AvgIpc) is 2.64. The highest BCUT2D eigenvalue weighted by atomic mass is 32.2. The first-order valence-electron chi connectivity index (χ1n) is 6.32. The van der Waals surface area contributed by atoms with Crippen molar-refractivity contribution in [2.45, 2.75) is 25.8 Å². The summed E-state index contributed by atoms with van der Waals surface area (Å²) < 4.78 is 25.4. The molecular formula is C11H25N3O2S. The number of nitrogens with zero attached hydrogens (tertiary/aromatic N) is 2. The highest BCUT2D eigenvalue weighted by Crippen LogP contribution is 2.16. The summed E-state index contributed by atoms with van der Waals surface area (Å²) in [6, 6.07) is 0.383. The van der Waals surface area contributed by atoms with Crippen LogP contribution in [0.3, 0.4) is 0 Å². The molecule has 1 N–H and O–H groups in total. The van der Waals surface area contributed by atoms with E-state index in [1.54, 1.807) is 7.05 Å². The van der Waals surface area contributed by atoms with Gasteiger partial charge < -0.3 is 10.2 Å². The number of nitrogens with one attached hydrogen (secondary N) is 1. The predicted octanol–water partition coefficient (Wildman–Crippen LogP) is -0.0483. The highest BCUT2D eigenvalue weighted by Gasteiger charge is 2.26. The van der Waals surface area contributed by atoms with Gasteiger partial charge in [0, 0.05) is 26.2 Å². The van der Waals surface area contributed by atoms with Crippen LogP contribution in [-0.4, -0.2) is 69.7 Å². The fourth-order valence-electron chi connectivity index (χ4n) is 2.15. The van der Waals surface area contributed by atoms with Crippen LogP contribution in [0.2, 0.25) is 0 Å². The van der Waals surface area contributed by atoms with Gasteiger partial charge in [0.1, 0.15) is 0 Å². The van der Waals surface area contributed by atoms with E-state index in [9.17, 15) is 8.42 Å². The third-order valence-corrected chi connectivity index (χ3v) is 5.22. The number of likely N-dealkylation sites (N-methyl/N-ethyl adjacent to an activating group) is 2. The molecule has 1 aliphatic heterocycles. The van der Waals surface area contributed by atoms with Crippen molar-refractivity contribution in [3.63, 3.8) is 0 Å². The zero-order valence-corrected chi connectivity index (χ0v) is 12.0. The van der Waals surface area contributed by atoms with Crippen molar-refractivity contribution in [1.29, 1.82) is 0 Å². The fourth-order valence-corrected chi connectivity index (χ4v) is 3.27. The van der Waals surface area contributed by atoms with Crippen LogP contribution >= 0.6 is 0 Å². The lowest BCUT2D eigenvalue weighted by Gasteiger charge is -2.25. The van der Waals surface area contributed by atoms with Crippen LogP contribution < -0.4 is 5.32 Å². The lowest BCUT2D eigenvalue weighted by molar-refractivity contribution is 0.271. The summed E-state index contributed by atoms with van der Waals surface area (Å²) in [4.78, 5) is 2.25. The topological polar surface area (TPSA) is 52.7 Å². The summed E-state index contributed by atoms with van der Waals surface area (Å²) in [6.45, 7) is 5.01. The molecule has 0 saturated carbocycles. The molecule has 1 atom stereocenters. The minimum atomic E-state index is -3.10. The number of rotatable bonds is 7. The number of sulfonamides is 1. The summed E-state index contributed by atoms with van der Waals surface area (Å²) in [5.74, 6) is 0.188. The van der Waals surface area contributed by atoms with E-state index in [-0.39, 0.29) is 5.75 Å². The highest BCUT2D eigenvalue weighted by molar-refractivity contribution is 7.89. The normalized spacial score (nSPS) is 22.5. The second-order valence-electron chi connectivity index (χ2n) is 4.73. The van der Waals surface area contributed by atoms with Gasteiger partial charge in [-0.05, 0) is 33.0 Å². The number of hydrogen-bond acceptors (Lipinski definition) is 4. The van der Waals surface area contributed by atoms with Crippen molar-refractivity contribution >= 4 is 10.0 Å². The molecule has 0 aromatic carbocycles. The molecule has 0 radical (unpaired) electrons. The van der Waals surface area contributed by atoms with E-state index in [1.165, 1.54) is 10.7 Å². The van der Waals surface area contributed by atoms with Gasteiger partial charge in [-0.1, -0.05) is 6.92 Å². The largest absolute Gasteiger partial charge is 0.316 e. The number of likely N-dealkylation sites (tertiary alicyclic amines) is 1. The minimum Gasteiger partial charge on any atom is -0.316 e. The average molecular weight is 263 g/mol. The van der Waals surface area contributed by atoms with Gasteiger partial charge in [-0.2, -0.15) is 0 Å². The Labute approximate surface area is 105 Å². The Bertz CT molecular complexity index is 319. The molecule has 1 aliphatic rings. The van der Waals surface area contributed by atoms with Crippen molar-refractivity contribution in [3.8, 4) is 0 Å². The standard InChI is InChI=1S/C11H25N3O2S/c1-4-12-7-9-17(15,16)14(3)10-11-6-5-8-13(11)2/h11-12H,4-10H2,1-3H3. The van der Waals surface area contributed by atoms with Gasteiger partial charge in [0.15, 0.2) is 0 Å². The first-order chi connectivity index (χ1) is 7.97. The lowest BCUT2D eigenvalue weighted by atomic mass is 10.2. The Morgan fingerprint density at radius 2 is 2.18 bits per heavy atom. The van der Waals surface area contributed by atoms with E-state index in [0.29, 0.717) is 19.1 Å². The first kappa shape index (κ1) is 14.9. The molecule has 1 rings (SSSR count). The molecule has 0 spiro atoms. The molecule has 1 unspecified atom stereocenters. The van der Waals surface area contributed by atoms with E-state index in [2.05, 4.69) is 17.3 Å². The molecule has 1 saturated heterocycles. The Kier molecular flexibility index (Phi) is 5.85. The quantitative estimate of drug-likeness (QED) is 0.655. The van der Waals surface area contributed by atoms with Crippen LogP contribution in [0.15, 0.2) is 0 Å². The molecule has 0 aromatic rings. The molecule has 1 heterocycles. The fraction of sp³-hybridized carbons (Fsp3) is 1.00. The van der Waals surface area contributed by atoms with Crippen LogP contribution in [-0.2, 0) is 10.0 Å². The molecular weight excluding hydrogens is 238 g/mol. The lowest BCUT2D eigenvalue weighted by Crippen LogP contribution is -2.41. The van der Waals surface area contributed by atoms with Gasteiger partial charge in [0.25, 0.3) is 0 Å². The zero-order valence-electron chi connectivity index (χ0n) is 11.1. The summed E-state index contributed by atoms with van der Waals surface area (Å²) in [7, 11) is 0.655. The van der Waals surface area contributed by atoms with Gasteiger partial charge in [0.2, 0.25) is 10.0 Å². The molecule has 0 aliphatic carbocycles. The van der Waals surface area contributed by atoms with Crippen molar-refractivity contribution in [1.82, 2.24) is 14.5 Å². The van der Waals surface area contributed by atoms with Gasteiger partial charge in [-0.3, -0.25) is 0 Å². The maximum atomic E-state index is 12.0. The zero-order chi connectivity index (χ0) is 12.9. The monoisotopic (exact) mass is 263 g/mol. The second kappa shape index (κ2) is 6.68.